The lowest BCUT2D eigenvalue weighted by Crippen LogP contribution is -2.46. The van der Waals surface area contributed by atoms with Crippen LogP contribution in [0.3, 0.4) is 0 Å². The van der Waals surface area contributed by atoms with Crippen LogP contribution in [-0.4, -0.2) is 28.6 Å². The van der Waals surface area contributed by atoms with E-state index in [1.807, 2.05) is 20.8 Å². The first kappa shape index (κ1) is 19.6. The topological polar surface area (TPSA) is 27.7 Å². The van der Waals surface area contributed by atoms with Crippen LogP contribution in [0, 0.1) is 0 Å². The van der Waals surface area contributed by atoms with Crippen molar-refractivity contribution in [2.75, 3.05) is 19.8 Å². The van der Waals surface area contributed by atoms with Crippen LogP contribution in [0.25, 0.3) is 0 Å². The quantitative estimate of drug-likeness (QED) is 0.408. The number of hydrogen-bond donors (Lipinski definition) is 0. The van der Waals surface area contributed by atoms with Gasteiger partial charge >= 0.3 is 8.80 Å². The Morgan fingerprint density at radius 2 is 1.45 bits per heavy atom. The van der Waals surface area contributed by atoms with Gasteiger partial charge in [-0.3, -0.25) is 0 Å². The first-order chi connectivity index (χ1) is 9.53. The molecule has 118 valence electrons. The molecule has 0 N–H and O–H groups in total. The van der Waals surface area contributed by atoms with Crippen molar-refractivity contribution in [3.8, 4) is 0 Å². The molecule has 0 atom stereocenters. The van der Waals surface area contributed by atoms with E-state index >= 15 is 0 Å². The molecule has 0 fully saturated rings. The first-order valence-corrected chi connectivity index (χ1v) is 9.66. The molecule has 0 spiro atoms. The smallest absolute Gasteiger partial charge is 0.374 e. The van der Waals surface area contributed by atoms with Gasteiger partial charge in [-0.15, -0.1) is 0 Å². The molecule has 0 rings (SSSR count). The maximum Gasteiger partial charge on any atom is 0.505 e. The van der Waals surface area contributed by atoms with Gasteiger partial charge in [0.25, 0.3) is 0 Å². The van der Waals surface area contributed by atoms with Crippen LogP contribution in [0.4, 0.5) is 0 Å². The number of hydrogen-bond acceptors (Lipinski definition) is 3. The third kappa shape index (κ3) is 8.00. The largest absolute Gasteiger partial charge is 0.505 e. The van der Waals surface area contributed by atoms with Gasteiger partial charge in [-0.25, -0.2) is 0 Å². The molecule has 0 radical (unpaired) electrons. The van der Waals surface area contributed by atoms with Crippen LogP contribution in [0.5, 0.6) is 0 Å². The zero-order valence-electron chi connectivity index (χ0n) is 14.1. The lowest BCUT2D eigenvalue weighted by Gasteiger charge is -2.29. The summed E-state index contributed by atoms with van der Waals surface area (Å²) in [5.41, 5.74) is 2.73. The minimum Gasteiger partial charge on any atom is -0.374 e. The Bertz CT molecular complexity index is 290. The van der Waals surface area contributed by atoms with Crippen LogP contribution >= 0.6 is 0 Å². The molecule has 0 aliphatic rings. The molecule has 0 saturated heterocycles. The third-order valence-electron chi connectivity index (χ3n) is 2.96. The van der Waals surface area contributed by atoms with E-state index in [-0.39, 0.29) is 0 Å². The highest BCUT2D eigenvalue weighted by Gasteiger charge is 2.40. The van der Waals surface area contributed by atoms with E-state index in [0.29, 0.717) is 19.8 Å². The Morgan fingerprint density at radius 1 is 0.950 bits per heavy atom. The van der Waals surface area contributed by atoms with Crippen LogP contribution in [0.1, 0.15) is 54.4 Å². The molecule has 0 unspecified atom stereocenters. The fourth-order valence-corrected chi connectivity index (χ4v) is 4.91. The molecule has 4 heteroatoms. The molecule has 0 amide bonds. The maximum absolute atomic E-state index is 5.91. The summed E-state index contributed by atoms with van der Waals surface area (Å²) in [6, 6.07) is 0.801. The van der Waals surface area contributed by atoms with E-state index in [1.165, 1.54) is 11.1 Å². The first-order valence-electron chi connectivity index (χ1n) is 7.72. The molecule has 0 aliphatic carbocycles. The number of allylic oxidation sites excluding steroid dienone is 4. The van der Waals surface area contributed by atoms with Gasteiger partial charge in [-0.1, -0.05) is 23.3 Å². The van der Waals surface area contributed by atoms with Gasteiger partial charge in [0.15, 0.2) is 0 Å². The highest BCUT2D eigenvalue weighted by atomic mass is 28.4. The van der Waals surface area contributed by atoms with Crippen molar-refractivity contribution in [1.82, 2.24) is 0 Å². The van der Waals surface area contributed by atoms with Gasteiger partial charge in [0.1, 0.15) is 0 Å². The van der Waals surface area contributed by atoms with Gasteiger partial charge in [0.05, 0.1) is 0 Å². The molecule has 0 aromatic heterocycles. The monoisotopic (exact) mass is 300 g/mol. The van der Waals surface area contributed by atoms with Gasteiger partial charge in [-0.05, 0) is 54.4 Å². The van der Waals surface area contributed by atoms with Crippen molar-refractivity contribution in [3.63, 3.8) is 0 Å². The standard InChI is InChI=1S/C16H32O3Si/c1-7-16(13-11-12-15(5)6)14-20(17-8-2,18-9-3)19-10-4/h7,12H,8-11,13-14H2,1-6H3/b16-7-. The fourth-order valence-electron chi connectivity index (χ4n) is 2.10. The van der Waals surface area contributed by atoms with Crippen molar-refractivity contribution >= 4 is 8.80 Å². The predicted octanol–water partition coefficient (Wildman–Crippen LogP) is 4.73. The van der Waals surface area contributed by atoms with Crippen LogP contribution in [0.15, 0.2) is 23.3 Å². The molecule has 0 aliphatic heterocycles. The molecule has 0 heterocycles. The van der Waals surface area contributed by atoms with Gasteiger partial charge in [0, 0.05) is 25.9 Å². The minimum atomic E-state index is -2.55. The second-order valence-electron chi connectivity index (χ2n) is 4.93. The predicted molar refractivity (Wildman–Crippen MR) is 87.9 cm³/mol. The zero-order valence-corrected chi connectivity index (χ0v) is 15.1. The summed E-state index contributed by atoms with van der Waals surface area (Å²) in [6.07, 6.45) is 6.56. The average Bonchev–Trinajstić information content (AvgIpc) is 2.38. The van der Waals surface area contributed by atoms with E-state index in [2.05, 4.69) is 32.9 Å². The zero-order chi connectivity index (χ0) is 15.4. The summed E-state index contributed by atoms with van der Waals surface area (Å²) in [5.74, 6) is 0. The summed E-state index contributed by atoms with van der Waals surface area (Å²) < 4.78 is 17.7. The van der Waals surface area contributed by atoms with Crippen LogP contribution in [-0.2, 0) is 13.3 Å². The molecule has 0 saturated carbocycles. The molecule has 0 aromatic rings. The second-order valence-corrected chi connectivity index (χ2v) is 7.51. The molecular formula is C16H32O3Si. The Balaban J connectivity index is 4.76. The maximum atomic E-state index is 5.91. The Kier molecular flexibility index (Phi) is 11.0. The minimum absolute atomic E-state index is 0.636. The van der Waals surface area contributed by atoms with Crippen molar-refractivity contribution < 1.29 is 13.3 Å². The molecule has 0 aromatic carbocycles. The molecular weight excluding hydrogens is 268 g/mol. The van der Waals surface area contributed by atoms with E-state index in [1.54, 1.807) is 0 Å². The number of rotatable bonds is 11. The second kappa shape index (κ2) is 11.3. The van der Waals surface area contributed by atoms with Crippen molar-refractivity contribution in [2.24, 2.45) is 0 Å². The summed E-state index contributed by atoms with van der Waals surface area (Å²) in [6.45, 7) is 14.3. The Hall–Kier alpha value is -0.423. The van der Waals surface area contributed by atoms with Crippen molar-refractivity contribution in [1.29, 1.82) is 0 Å². The normalized spacial score (nSPS) is 12.6. The molecule has 3 nitrogen and oxygen atoms in total. The fraction of sp³-hybridized carbons (Fsp3) is 0.750. The van der Waals surface area contributed by atoms with Gasteiger partial charge in [0.2, 0.25) is 0 Å². The lowest BCUT2D eigenvalue weighted by molar-refractivity contribution is 0.0734. The van der Waals surface area contributed by atoms with E-state index in [0.717, 1.165) is 18.9 Å². The molecule has 20 heavy (non-hydrogen) atoms. The summed E-state index contributed by atoms with van der Waals surface area (Å²) in [5, 5.41) is 0. The van der Waals surface area contributed by atoms with Gasteiger partial charge < -0.3 is 13.3 Å². The molecule has 0 bridgehead atoms. The summed E-state index contributed by atoms with van der Waals surface area (Å²) in [4.78, 5) is 0. The van der Waals surface area contributed by atoms with E-state index in [9.17, 15) is 0 Å². The van der Waals surface area contributed by atoms with Crippen molar-refractivity contribution in [2.45, 2.75) is 60.4 Å². The van der Waals surface area contributed by atoms with E-state index in [4.69, 9.17) is 13.3 Å². The van der Waals surface area contributed by atoms with Crippen molar-refractivity contribution in [3.05, 3.63) is 23.3 Å². The van der Waals surface area contributed by atoms with Crippen LogP contribution in [0.2, 0.25) is 6.04 Å². The Morgan fingerprint density at radius 3 is 1.80 bits per heavy atom. The average molecular weight is 301 g/mol. The lowest BCUT2D eigenvalue weighted by atomic mass is 10.1. The highest BCUT2D eigenvalue weighted by molar-refractivity contribution is 6.61. The Labute approximate surface area is 126 Å². The third-order valence-corrected chi connectivity index (χ3v) is 6.04. The summed E-state index contributed by atoms with van der Waals surface area (Å²) in [7, 11) is -2.55. The van der Waals surface area contributed by atoms with Gasteiger partial charge in [-0.2, -0.15) is 0 Å². The summed E-state index contributed by atoms with van der Waals surface area (Å²) >= 11 is 0. The van der Waals surface area contributed by atoms with Crippen LogP contribution < -0.4 is 0 Å². The van der Waals surface area contributed by atoms with E-state index < -0.39 is 8.80 Å². The highest BCUT2D eigenvalue weighted by Crippen LogP contribution is 2.24. The SMILES string of the molecule is C/C=C(/CCC=C(C)C)C[Si](OCC)(OCC)OCC.